The Morgan fingerprint density at radius 1 is 1.32 bits per heavy atom. The van der Waals surface area contributed by atoms with Crippen molar-refractivity contribution in [1.29, 1.82) is 0 Å². The maximum Gasteiger partial charge on any atom is 0.137 e. The summed E-state index contributed by atoms with van der Waals surface area (Å²) < 4.78 is 9.05. The molecule has 0 bridgehead atoms. The average molecular weight is 322 g/mol. The maximum atomic E-state index is 6.13. The Bertz CT molecular complexity index is 555. The molecule has 19 heavy (non-hydrogen) atoms. The summed E-state index contributed by atoms with van der Waals surface area (Å²) in [7, 11) is 0. The minimum Gasteiger partial charge on any atom is -0.365 e. The molecule has 1 fully saturated rings. The molecular formula is C14H16BrN3O. The highest BCUT2D eigenvalue weighted by Gasteiger charge is 2.52. The van der Waals surface area contributed by atoms with Crippen LogP contribution in [0.5, 0.6) is 0 Å². The zero-order chi connectivity index (χ0) is 13.5. The van der Waals surface area contributed by atoms with Crippen LogP contribution in [0.1, 0.15) is 19.4 Å². The van der Waals surface area contributed by atoms with Gasteiger partial charge in [0.1, 0.15) is 18.3 Å². The summed E-state index contributed by atoms with van der Waals surface area (Å²) in [5.41, 5.74) is 0.894. The van der Waals surface area contributed by atoms with E-state index in [9.17, 15) is 0 Å². The molecule has 0 saturated carbocycles. The first-order valence-corrected chi connectivity index (χ1v) is 7.17. The van der Waals surface area contributed by atoms with Gasteiger partial charge in [-0.25, -0.2) is 9.67 Å². The van der Waals surface area contributed by atoms with E-state index in [0.717, 1.165) is 4.47 Å². The van der Waals surface area contributed by atoms with Crippen LogP contribution >= 0.6 is 15.9 Å². The molecule has 1 aliphatic rings. The molecule has 0 N–H and O–H groups in total. The topological polar surface area (TPSA) is 39.9 Å². The van der Waals surface area contributed by atoms with E-state index in [1.807, 2.05) is 4.68 Å². The Labute approximate surface area is 120 Å². The molecule has 0 unspecified atom stereocenters. The van der Waals surface area contributed by atoms with Gasteiger partial charge in [-0.15, -0.1) is 0 Å². The van der Waals surface area contributed by atoms with Gasteiger partial charge in [0.05, 0.1) is 12.6 Å². The summed E-state index contributed by atoms with van der Waals surface area (Å²) in [5, 5.41) is 4.20. The number of benzene rings is 1. The monoisotopic (exact) mass is 321 g/mol. The average Bonchev–Trinajstić information content (AvgIpc) is 2.91. The van der Waals surface area contributed by atoms with Crippen LogP contribution in [0.2, 0.25) is 0 Å². The van der Waals surface area contributed by atoms with Crippen LogP contribution in [-0.2, 0) is 16.9 Å². The number of rotatable bonds is 3. The minimum atomic E-state index is -0.298. The second-order valence-corrected chi connectivity index (χ2v) is 6.02. The SMILES string of the molecule is C[C@H]1O[C@@](Cn2cncn2)(c2ccc(Br)cc2)[C@H]1C. The van der Waals surface area contributed by atoms with E-state index < -0.39 is 0 Å². The fourth-order valence-corrected chi connectivity index (χ4v) is 3.00. The predicted molar refractivity (Wildman–Crippen MR) is 75.6 cm³/mol. The highest BCUT2D eigenvalue weighted by Crippen LogP contribution is 2.48. The lowest BCUT2D eigenvalue weighted by Crippen LogP contribution is -2.57. The number of halogens is 1. The first kappa shape index (κ1) is 12.8. The van der Waals surface area contributed by atoms with Crippen LogP contribution in [0.3, 0.4) is 0 Å². The minimum absolute atomic E-state index is 0.271. The number of nitrogens with zero attached hydrogens (tertiary/aromatic N) is 3. The molecule has 1 saturated heterocycles. The van der Waals surface area contributed by atoms with Crippen molar-refractivity contribution in [2.24, 2.45) is 5.92 Å². The first-order valence-electron chi connectivity index (χ1n) is 6.38. The molecule has 4 nitrogen and oxygen atoms in total. The highest BCUT2D eigenvalue weighted by atomic mass is 79.9. The Balaban J connectivity index is 1.96. The van der Waals surface area contributed by atoms with Crippen molar-refractivity contribution in [3.63, 3.8) is 0 Å². The van der Waals surface area contributed by atoms with Crippen molar-refractivity contribution in [1.82, 2.24) is 14.8 Å². The third-order valence-electron chi connectivity index (χ3n) is 4.03. The highest BCUT2D eigenvalue weighted by molar-refractivity contribution is 9.10. The fraction of sp³-hybridized carbons (Fsp3) is 0.429. The van der Waals surface area contributed by atoms with Crippen LogP contribution in [0.15, 0.2) is 41.4 Å². The van der Waals surface area contributed by atoms with Crippen LogP contribution in [-0.4, -0.2) is 20.9 Å². The quantitative estimate of drug-likeness (QED) is 0.872. The lowest BCUT2D eigenvalue weighted by molar-refractivity contribution is -0.263. The van der Waals surface area contributed by atoms with Crippen LogP contribution in [0, 0.1) is 5.92 Å². The van der Waals surface area contributed by atoms with Gasteiger partial charge in [-0.3, -0.25) is 0 Å². The molecule has 1 aliphatic heterocycles. The van der Waals surface area contributed by atoms with Gasteiger partial charge in [-0.2, -0.15) is 5.10 Å². The molecule has 0 radical (unpaired) electrons. The number of aromatic nitrogens is 3. The third kappa shape index (κ3) is 2.11. The Morgan fingerprint density at radius 2 is 2.05 bits per heavy atom. The van der Waals surface area contributed by atoms with Gasteiger partial charge in [0.25, 0.3) is 0 Å². The third-order valence-corrected chi connectivity index (χ3v) is 4.56. The van der Waals surface area contributed by atoms with Crippen molar-refractivity contribution in [3.05, 3.63) is 47.0 Å². The van der Waals surface area contributed by atoms with Gasteiger partial charge in [0.2, 0.25) is 0 Å². The second kappa shape index (κ2) is 4.72. The van der Waals surface area contributed by atoms with Gasteiger partial charge in [-0.05, 0) is 24.6 Å². The zero-order valence-corrected chi connectivity index (χ0v) is 12.5. The van der Waals surface area contributed by atoms with Gasteiger partial charge in [-0.1, -0.05) is 35.0 Å². The number of hydrogen-bond acceptors (Lipinski definition) is 3. The fourth-order valence-electron chi connectivity index (χ4n) is 2.74. The maximum absolute atomic E-state index is 6.13. The van der Waals surface area contributed by atoms with E-state index in [2.05, 4.69) is 64.1 Å². The standard InChI is InChI=1S/C14H16BrN3O/c1-10-11(2)19-14(10,7-18-9-16-8-17-18)12-3-5-13(15)6-4-12/h3-6,8-11H,7H2,1-2H3/t10-,11+,14+/m0/s1. The number of hydrogen-bond donors (Lipinski definition) is 0. The van der Waals surface area contributed by atoms with Crippen molar-refractivity contribution in [2.45, 2.75) is 32.1 Å². The molecule has 100 valence electrons. The van der Waals surface area contributed by atoms with E-state index in [-0.39, 0.29) is 11.7 Å². The van der Waals surface area contributed by atoms with Crippen molar-refractivity contribution >= 4 is 15.9 Å². The van der Waals surface area contributed by atoms with Crippen molar-refractivity contribution < 1.29 is 4.74 Å². The molecule has 1 aromatic heterocycles. The molecular weight excluding hydrogens is 306 g/mol. The van der Waals surface area contributed by atoms with Gasteiger partial charge >= 0.3 is 0 Å². The van der Waals surface area contributed by atoms with Gasteiger partial charge in [0.15, 0.2) is 0 Å². The molecule has 0 spiro atoms. The second-order valence-electron chi connectivity index (χ2n) is 5.10. The molecule has 1 aromatic carbocycles. The van der Waals surface area contributed by atoms with Crippen molar-refractivity contribution in [2.75, 3.05) is 0 Å². The summed E-state index contributed by atoms with van der Waals surface area (Å²) in [4.78, 5) is 4.01. The van der Waals surface area contributed by atoms with E-state index in [1.165, 1.54) is 5.56 Å². The van der Waals surface area contributed by atoms with E-state index in [1.54, 1.807) is 12.7 Å². The summed E-state index contributed by atoms with van der Waals surface area (Å²) in [6.07, 6.45) is 3.56. The smallest absolute Gasteiger partial charge is 0.137 e. The zero-order valence-electron chi connectivity index (χ0n) is 11.0. The first-order chi connectivity index (χ1) is 9.12. The van der Waals surface area contributed by atoms with Crippen LogP contribution < -0.4 is 0 Å². The largest absolute Gasteiger partial charge is 0.365 e. The molecule has 2 aromatic rings. The summed E-state index contributed by atoms with van der Waals surface area (Å²) >= 11 is 3.47. The number of ether oxygens (including phenoxy) is 1. The summed E-state index contributed by atoms with van der Waals surface area (Å²) in [6.45, 7) is 5.04. The lowest BCUT2D eigenvalue weighted by Gasteiger charge is -2.53. The van der Waals surface area contributed by atoms with E-state index in [4.69, 9.17) is 4.74 Å². The van der Waals surface area contributed by atoms with Crippen molar-refractivity contribution in [3.8, 4) is 0 Å². The van der Waals surface area contributed by atoms with Gasteiger partial charge < -0.3 is 4.74 Å². The molecule has 2 heterocycles. The van der Waals surface area contributed by atoms with Crippen LogP contribution in [0.4, 0.5) is 0 Å². The summed E-state index contributed by atoms with van der Waals surface area (Å²) in [5.74, 6) is 0.442. The molecule has 5 heteroatoms. The lowest BCUT2D eigenvalue weighted by atomic mass is 9.74. The predicted octanol–water partition coefficient (Wildman–Crippen LogP) is 2.99. The van der Waals surface area contributed by atoms with E-state index in [0.29, 0.717) is 12.5 Å². The molecule has 3 rings (SSSR count). The Kier molecular flexibility index (Phi) is 3.19. The summed E-state index contributed by atoms with van der Waals surface area (Å²) in [6, 6.07) is 8.34. The van der Waals surface area contributed by atoms with Crippen LogP contribution in [0.25, 0.3) is 0 Å². The molecule has 0 amide bonds. The Morgan fingerprint density at radius 3 is 2.58 bits per heavy atom. The van der Waals surface area contributed by atoms with E-state index >= 15 is 0 Å². The normalized spacial score (nSPS) is 30.1. The van der Waals surface area contributed by atoms with Gasteiger partial charge in [0, 0.05) is 10.4 Å². The molecule has 3 atom stereocenters. The Hall–Kier alpha value is -1.20. The molecule has 0 aliphatic carbocycles.